The summed E-state index contributed by atoms with van der Waals surface area (Å²) in [5.41, 5.74) is 7.43. The van der Waals surface area contributed by atoms with E-state index in [1.807, 2.05) is 6.20 Å². The van der Waals surface area contributed by atoms with E-state index in [2.05, 4.69) is 10.3 Å². The van der Waals surface area contributed by atoms with E-state index in [4.69, 9.17) is 5.73 Å². The van der Waals surface area contributed by atoms with Gasteiger partial charge in [-0.2, -0.15) is 0 Å². The van der Waals surface area contributed by atoms with Crippen molar-refractivity contribution in [2.24, 2.45) is 5.73 Å². The van der Waals surface area contributed by atoms with Gasteiger partial charge in [-0.1, -0.05) is 17.3 Å². The third-order valence-corrected chi connectivity index (χ3v) is 2.73. The maximum Gasteiger partial charge on any atom is 0.123 e. The molecule has 0 unspecified atom stereocenters. The van der Waals surface area contributed by atoms with Crippen LogP contribution in [0.4, 0.5) is 4.39 Å². The Kier molecular flexibility index (Phi) is 4.41. The first-order chi connectivity index (χ1) is 8.78. The van der Waals surface area contributed by atoms with Crippen LogP contribution in [0.15, 0.2) is 30.5 Å². The second kappa shape index (κ2) is 6.26. The molecule has 0 amide bonds. The highest BCUT2D eigenvalue weighted by atomic mass is 19.1. The molecule has 0 fully saturated rings. The van der Waals surface area contributed by atoms with Crippen LogP contribution in [0, 0.1) is 5.82 Å². The summed E-state index contributed by atoms with van der Waals surface area (Å²) in [6, 6.07) is 6.42. The number of hydrogen-bond donors (Lipinski definition) is 1. The summed E-state index contributed by atoms with van der Waals surface area (Å²) in [5, 5.41) is 8.15. The zero-order valence-corrected chi connectivity index (χ0v) is 10.2. The van der Waals surface area contributed by atoms with E-state index in [9.17, 15) is 4.39 Å². The van der Waals surface area contributed by atoms with E-state index in [0.29, 0.717) is 13.1 Å². The molecule has 2 rings (SSSR count). The number of nitrogens with zero attached hydrogens (tertiary/aromatic N) is 3. The first-order valence-corrected chi connectivity index (χ1v) is 6.11. The predicted octanol–water partition coefficient (Wildman–Crippen LogP) is 1.75. The molecule has 4 nitrogen and oxygen atoms in total. The van der Waals surface area contributed by atoms with Gasteiger partial charge in [0, 0.05) is 6.20 Å². The molecule has 0 bridgehead atoms. The fourth-order valence-corrected chi connectivity index (χ4v) is 1.76. The summed E-state index contributed by atoms with van der Waals surface area (Å²) in [7, 11) is 0. The highest BCUT2D eigenvalue weighted by molar-refractivity contribution is 5.16. The zero-order valence-electron chi connectivity index (χ0n) is 10.2. The average Bonchev–Trinajstić information content (AvgIpc) is 2.80. The highest BCUT2D eigenvalue weighted by Gasteiger charge is 2.01. The molecule has 1 heterocycles. The third kappa shape index (κ3) is 3.63. The summed E-state index contributed by atoms with van der Waals surface area (Å²) >= 11 is 0. The molecule has 0 aliphatic carbocycles. The van der Waals surface area contributed by atoms with Gasteiger partial charge in [-0.05, 0) is 43.5 Å². The molecule has 0 atom stereocenters. The second-order valence-corrected chi connectivity index (χ2v) is 4.28. The van der Waals surface area contributed by atoms with Gasteiger partial charge < -0.3 is 5.73 Å². The molecule has 5 heteroatoms. The van der Waals surface area contributed by atoms with E-state index in [0.717, 1.165) is 30.5 Å². The van der Waals surface area contributed by atoms with Gasteiger partial charge in [0.05, 0.1) is 12.2 Å². The lowest BCUT2D eigenvalue weighted by Crippen LogP contribution is -2.00. The van der Waals surface area contributed by atoms with Gasteiger partial charge in [0.2, 0.25) is 0 Å². The molecule has 0 aliphatic heterocycles. The van der Waals surface area contributed by atoms with Crippen LogP contribution in [0.5, 0.6) is 0 Å². The van der Waals surface area contributed by atoms with Crippen molar-refractivity contribution < 1.29 is 4.39 Å². The summed E-state index contributed by atoms with van der Waals surface area (Å²) in [4.78, 5) is 0. The second-order valence-electron chi connectivity index (χ2n) is 4.28. The Balaban J connectivity index is 1.91. The van der Waals surface area contributed by atoms with Gasteiger partial charge >= 0.3 is 0 Å². The number of hydrogen-bond acceptors (Lipinski definition) is 3. The van der Waals surface area contributed by atoms with Gasteiger partial charge in [-0.25, -0.2) is 9.07 Å². The van der Waals surface area contributed by atoms with Crippen molar-refractivity contribution in [1.82, 2.24) is 15.0 Å². The zero-order chi connectivity index (χ0) is 12.8. The van der Waals surface area contributed by atoms with Crippen LogP contribution in [0.3, 0.4) is 0 Å². The summed E-state index contributed by atoms with van der Waals surface area (Å²) in [6.07, 6.45) is 4.87. The van der Waals surface area contributed by atoms with Crippen LogP contribution in [0.25, 0.3) is 0 Å². The van der Waals surface area contributed by atoms with Crippen molar-refractivity contribution in [1.29, 1.82) is 0 Å². The van der Waals surface area contributed by atoms with Crippen molar-refractivity contribution in [2.75, 3.05) is 6.54 Å². The van der Waals surface area contributed by atoms with Crippen molar-refractivity contribution in [3.63, 3.8) is 0 Å². The molecule has 0 radical (unpaired) electrons. The number of benzene rings is 1. The number of nitrogens with two attached hydrogens (primary N) is 1. The molecule has 2 N–H and O–H groups in total. The van der Waals surface area contributed by atoms with E-state index in [-0.39, 0.29) is 5.82 Å². The van der Waals surface area contributed by atoms with Crippen LogP contribution >= 0.6 is 0 Å². The molecule has 18 heavy (non-hydrogen) atoms. The van der Waals surface area contributed by atoms with Gasteiger partial charge in [-0.3, -0.25) is 0 Å². The number of rotatable bonds is 6. The smallest absolute Gasteiger partial charge is 0.123 e. The van der Waals surface area contributed by atoms with Crippen LogP contribution in [0.2, 0.25) is 0 Å². The topological polar surface area (TPSA) is 56.7 Å². The number of halogens is 1. The third-order valence-electron chi connectivity index (χ3n) is 2.73. The van der Waals surface area contributed by atoms with E-state index in [1.165, 1.54) is 12.1 Å². The van der Waals surface area contributed by atoms with Crippen LogP contribution < -0.4 is 5.73 Å². The summed E-state index contributed by atoms with van der Waals surface area (Å²) in [5.74, 6) is -0.222. The fourth-order valence-electron chi connectivity index (χ4n) is 1.76. The normalized spacial score (nSPS) is 10.8. The Hall–Kier alpha value is -1.75. The van der Waals surface area contributed by atoms with Crippen molar-refractivity contribution in [3.05, 3.63) is 47.5 Å². The number of unbranched alkanes of at least 4 members (excludes halogenated alkanes) is 1. The molecule has 0 saturated carbocycles. The number of aromatic nitrogens is 3. The molecule has 0 aliphatic rings. The molecule has 96 valence electrons. The van der Waals surface area contributed by atoms with Gasteiger partial charge in [0.25, 0.3) is 0 Å². The van der Waals surface area contributed by atoms with Crippen LogP contribution in [-0.2, 0) is 13.0 Å². The Morgan fingerprint density at radius 3 is 2.67 bits per heavy atom. The maximum absolute atomic E-state index is 12.8. The Morgan fingerprint density at radius 1 is 1.17 bits per heavy atom. The van der Waals surface area contributed by atoms with Gasteiger partial charge in [0.15, 0.2) is 0 Å². The van der Waals surface area contributed by atoms with Crippen molar-refractivity contribution in [3.8, 4) is 0 Å². The standard InChI is InChI=1S/C13H17FN4/c14-12-6-4-11(5-7-12)9-18-10-13(16-17-18)3-1-2-8-15/h4-7,10H,1-3,8-9,15H2. The van der Waals surface area contributed by atoms with E-state index >= 15 is 0 Å². The highest BCUT2D eigenvalue weighted by Crippen LogP contribution is 2.06. The molecule has 0 spiro atoms. The SMILES string of the molecule is NCCCCc1cn(Cc2ccc(F)cc2)nn1. The van der Waals surface area contributed by atoms with E-state index < -0.39 is 0 Å². The summed E-state index contributed by atoms with van der Waals surface area (Å²) < 4.78 is 14.5. The fraction of sp³-hybridized carbons (Fsp3) is 0.385. The van der Waals surface area contributed by atoms with Crippen molar-refractivity contribution >= 4 is 0 Å². The number of aryl methyl sites for hydroxylation is 1. The summed E-state index contributed by atoms with van der Waals surface area (Å²) in [6.45, 7) is 1.33. The van der Waals surface area contributed by atoms with Crippen LogP contribution in [-0.4, -0.2) is 21.5 Å². The first kappa shape index (κ1) is 12.7. The minimum Gasteiger partial charge on any atom is -0.330 e. The maximum atomic E-state index is 12.8. The lowest BCUT2D eigenvalue weighted by molar-refractivity contribution is 0.621. The average molecular weight is 248 g/mol. The molecule has 0 saturated heterocycles. The molecule has 1 aromatic heterocycles. The molecular formula is C13H17FN4. The van der Waals surface area contributed by atoms with Gasteiger partial charge in [0.1, 0.15) is 5.82 Å². The lowest BCUT2D eigenvalue weighted by Gasteiger charge is -2.00. The lowest BCUT2D eigenvalue weighted by atomic mass is 10.2. The van der Waals surface area contributed by atoms with Crippen LogP contribution in [0.1, 0.15) is 24.1 Å². The Bertz CT molecular complexity index is 478. The molecule has 2 aromatic rings. The quantitative estimate of drug-likeness (QED) is 0.792. The Labute approximate surface area is 106 Å². The monoisotopic (exact) mass is 248 g/mol. The largest absolute Gasteiger partial charge is 0.330 e. The predicted molar refractivity (Wildman–Crippen MR) is 67.5 cm³/mol. The molecular weight excluding hydrogens is 231 g/mol. The first-order valence-electron chi connectivity index (χ1n) is 6.11. The molecule has 1 aromatic carbocycles. The minimum atomic E-state index is -0.222. The van der Waals surface area contributed by atoms with E-state index in [1.54, 1.807) is 16.8 Å². The van der Waals surface area contributed by atoms with Crippen molar-refractivity contribution in [2.45, 2.75) is 25.8 Å². The Morgan fingerprint density at radius 2 is 1.94 bits per heavy atom. The minimum absolute atomic E-state index is 0.222. The van der Waals surface area contributed by atoms with Gasteiger partial charge in [-0.15, -0.1) is 5.10 Å².